The fourth-order valence-electron chi connectivity index (χ4n) is 0.621. The second-order valence-corrected chi connectivity index (χ2v) is 5.03. The average molecular weight is 306 g/mol. The van der Waals surface area contributed by atoms with E-state index in [1.165, 1.54) is 6.40 Å². The van der Waals surface area contributed by atoms with E-state index < -0.39 is 11.1 Å². The maximum absolute atomic E-state index is 7.25. The molecule has 1 heterocycles. The summed E-state index contributed by atoms with van der Waals surface area (Å²) in [4.78, 5) is 3.74. The third kappa shape index (κ3) is 7.67. The van der Waals surface area contributed by atoms with E-state index in [1.807, 2.05) is 0 Å². The molecular formula is C11H24ClN7O. The lowest BCUT2D eigenvalue weighted by Crippen LogP contribution is -2.38. The number of hydrogen-bond donors (Lipinski definition) is 4. The van der Waals surface area contributed by atoms with Gasteiger partial charge in [-0.15, -0.1) is 12.4 Å². The summed E-state index contributed by atoms with van der Waals surface area (Å²) in [6.45, 7) is 8.33. The molecule has 0 radical (unpaired) electrons. The normalized spacial score (nSPS) is 14.0. The number of aliphatic imine (C=N–C) groups is 1. The number of rotatable bonds is 4. The molecule has 116 valence electrons. The molecule has 1 rings (SSSR count). The van der Waals surface area contributed by atoms with Crippen molar-refractivity contribution in [1.82, 2.24) is 0 Å². The van der Waals surface area contributed by atoms with Gasteiger partial charge in [0.15, 0.2) is 6.40 Å². The molecule has 0 aromatic heterocycles. The number of hydrogen-bond acceptors (Lipinski definition) is 6. The highest BCUT2D eigenvalue weighted by Gasteiger charge is 2.25. The number of azo groups is 1. The van der Waals surface area contributed by atoms with Gasteiger partial charge in [0, 0.05) is 0 Å². The second-order valence-electron chi connectivity index (χ2n) is 5.03. The maximum atomic E-state index is 7.25. The van der Waals surface area contributed by atoms with Crippen LogP contribution in [0.4, 0.5) is 0 Å². The Labute approximate surface area is 125 Å². The number of amidine groups is 2. The summed E-state index contributed by atoms with van der Waals surface area (Å²) < 4.78 is 4.65. The van der Waals surface area contributed by atoms with Crippen molar-refractivity contribution in [2.75, 3.05) is 13.2 Å². The van der Waals surface area contributed by atoms with Crippen molar-refractivity contribution in [1.29, 1.82) is 10.8 Å². The molecule has 0 amide bonds. The quantitative estimate of drug-likeness (QED) is 0.353. The van der Waals surface area contributed by atoms with E-state index >= 15 is 0 Å². The topological polar surface area (TPSA) is 146 Å². The first-order chi connectivity index (χ1) is 8.59. The minimum absolute atomic E-state index is 0. The van der Waals surface area contributed by atoms with E-state index in [4.69, 9.17) is 22.3 Å². The van der Waals surface area contributed by atoms with Crippen LogP contribution in [0.1, 0.15) is 27.7 Å². The highest BCUT2D eigenvalue weighted by Crippen LogP contribution is 2.15. The Morgan fingerprint density at radius 1 is 1.10 bits per heavy atom. The van der Waals surface area contributed by atoms with Crippen molar-refractivity contribution >= 4 is 30.5 Å². The first kappa shape index (κ1) is 20.6. The van der Waals surface area contributed by atoms with Gasteiger partial charge in [-0.05, 0) is 27.7 Å². The van der Waals surface area contributed by atoms with Crippen molar-refractivity contribution < 1.29 is 4.74 Å². The Hall–Kier alpha value is -1.70. The fraction of sp³-hybridized carbons (Fsp3) is 0.727. The molecule has 0 saturated heterocycles. The summed E-state index contributed by atoms with van der Waals surface area (Å²) in [5, 5.41) is 22.3. The van der Waals surface area contributed by atoms with Gasteiger partial charge in [-0.25, -0.2) is 0 Å². The molecule has 0 bridgehead atoms. The second kappa shape index (κ2) is 8.47. The molecular weight excluding hydrogens is 282 g/mol. The van der Waals surface area contributed by atoms with Crippen LogP contribution in [0.15, 0.2) is 15.2 Å². The molecule has 0 unspecified atom stereocenters. The highest BCUT2D eigenvalue weighted by atomic mass is 35.5. The Bertz CT molecular complexity index is 356. The summed E-state index contributed by atoms with van der Waals surface area (Å²) in [5.74, 6) is -0.138. The van der Waals surface area contributed by atoms with Crippen LogP contribution in [0.3, 0.4) is 0 Å². The van der Waals surface area contributed by atoms with Crippen molar-refractivity contribution in [2.24, 2.45) is 26.7 Å². The molecule has 8 nitrogen and oxygen atoms in total. The van der Waals surface area contributed by atoms with Crippen molar-refractivity contribution in [3.63, 3.8) is 0 Å². The molecule has 20 heavy (non-hydrogen) atoms. The van der Waals surface area contributed by atoms with Crippen LogP contribution in [0.25, 0.3) is 0 Å². The largest absolute Gasteiger partial charge is 0.482 e. The zero-order valence-corrected chi connectivity index (χ0v) is 13.1. The van der Waals surface area contributed by atoms with E-state index in [0.717, 1.165) is 13.2 Å². The molecule has 1 aliphatic heterocycles. The van der Waals surface area contributed by atoms with Gasteiger partial charge in [-0.2, -0.15) is 10.2 Å². The first-order valence-electron chi connectivity index (χ1n) is 5.82. The van der Waals surface area contributed by atoms with Crippen LogP contribution in [0.5, 0.6) is 0 Å². The molecule has 0 aromatic rings. The van der Waals surface area contributed by atoms with Crippen LogP contribution in [0, 0.1) is 10.8 Å². The summed E-state index contributed by atoms with van der Waals surface area (Å²) in [6, 6.07) is 0. The Balaban J connectivity index is 0. The van der Waals surface area contributed by atoms with Crippen molar-refractivity contribution in [3.8, 4) is 0 Å². The summed E-state index contributed by atoms with van der Waals surface area (Å²) in [5.41, 5.74) is 8.96. The molecule has 1 aliphatic rings. The zero-order chi connectivity index (χ0) is 15.1. The molecule has 6 N–H and O–H groups in total. The maximum Gasteiger partial charge on any atom is 0.169 e. The standard InChI is InChI=1S/C8H18N6.C3H5NO.ClH/c1-7(2,5(9)10)13-14-8(3,4)6(11)12;1-2-5-3-4-1;/h1-4H3,(H3,9,10)(H3,11,12);3H,1-2H2;1H. The molecule has 9 heteroatoms. The fourth-order valence-corrected chi connectivity index (χ4v) is 0.621. The van der Waals surface area contributed by atoms with Gasteiger partial charge in [-0.1, -0.05) is 0 Å². The average Bonchev–Trinajstić information content (AvgIpc) is 2.85. The van der Waals surface area contributed by atoms with Gasteiger partial charge < -0.3 is 16.2 Å². The lowest BCUT2D eigenvalue weighted by Gasteiger charge is -2.20. The van der Waals surface area contributed by atoms with E-state index in [2.05, 4.69) is 20.0 Å². The van der Waals surface area contributed by atoms with Gasteiger partial charge in [0.05, 0.1) is 6.54 Å². The smallest absolute Gasteiger partial charge is 0.169 e. The van der Waals surface area contributed by atoms with Crippen LogP contribution in [-0.2, 0) is 4.74 Å². The van der Waals surface area contributed by atoms with Crippen LogP contribution < -0.4 is 11.5 Å². The van der Waals surface area contributed by atoms with Gasteiger partial charge in [-0.3, -0.25) is 15.8 Å². The third-order valence-corrected chi connectivity index (χ3v) is 2.36. The van der Waals surface area contributed by atoms with Gasteiger partial charge >= 0.3 is 0 Å². The predicted octanol–water partition coefficient (Wildman–Crippen LogP) is 1.33. The number of nitrogens with two attached hydrogens (primary N) is 2. The highest BCUT2D eigenvalue weighted by molar-refractivity contribution is 5.87. The van der Waals surface area contributed by atoms with E-state index in [9.17, 15) is 0 Å². The van der Waals surface area contributed by atoms with Crippen molar-refractivity contribution in [3.05, 3.63) is 0 Å². The van der Waals surface area contributed by atoms with E-state index in [1.54, 1.807) is 27.7 Å². The van der Waals surface area contributed by atoms with Crippen LogP contribution >= 0.6 is 12.4 Å². The van der Waals surface area contributed by atoms with E-state index in [-0.39, 0.29) is 24.1 Å². The van der Waals surface area contributed by atoms with Crippen LogP contribution in [-0.4, -0.2) is 42.3 Å². The summed E-state index contributed by atoms with van der Waals surface area (Å²) >= 11 is 0. The number of halogens is 1. The lowest BCUT2D eigenvalue weighted by atomic mass is 10.1. The lowest BCUT2D eigenvalue weighted by molar-refractivity contribution is 0.361. The molecule has 0 fully saturated rings. The first-order valence-corrected chi connectivity index (χ1v) is 5.82. The number of nitrogens with zero attached hydrogens (tertiary/aromatic N) is 3. The van der Waals surface area contributed by atoms with Crippen LogP contribution in [0.2, 0.25) is 0 Å². The number of ether oxygens (including phenoxy) is 1. The number of nitrogens with one attached hydrogen (secondary N) is 2. The monoisotopic (exact) mass is 305 g/mol. The van der Waals surface area contributed by atoms with E-state index in [0.29, 0.717) is 0 Å². The summed E-state index contributed by atoms with van der Waals surface area (Å²) in [7, 11) is 0. The predicted molar refractivity (Wildman–Crippen MR) is 83.4 cm³/mol. The summed E-state index contributed by atoms with van der Waals surface area (Å²) in [6.07, 6.45) is 1.49. The Morgan fingerprint density at radius 3 is 1.65 bits per heavy atom. The van der Waals surface area contributed by atoms with Gasteiger partial charge in [0.2, 0.25) is 0 Å². The van der Waals surface area contributed by atoms with Gasteiger partial charge in [0.1, 0.15) is 29.4 Å². The Kier molecular flexibility index (Phi) is 8.73. The molecule has 0 aromatic carbocycles. The van der Waals surface area contributed by atoms with Gasteiger partial charge in [0.25, 0.3) is 0 Å². The molecule has 0 atom stereocenters. The molecule has 0 spiro atoms. The SMILES string of the molecule is C1=NCCO1.CC(C)(N=NC(C)(C)C(=N)N)C(=N)N.Cl. The zero-order valence-electron chi connectivity index (χ0n) is 12.3. The minimum atomic E-state index is -0.841. The minimum Gasteiger partial charge on any atom is -0.482 e. The molecule has 0 saturated carbocycles. The third-order valence-electron chi connectivity index (χ3n) is 2.36. The Morgan fingerprint density at radius 2 is 1.50 bits per heavy atom. The van der Waals surface area contributed by atoms with Crippen molar-refractivity contribution in [2.45, 2.75) is 38.8 Å². The molecule has 0 aliphatic carbocycles.